The lowest BCUT2D eigenvalue weighted by Gasteiger charge is -2.40. The summed E-state index contributed by atoms with van der Waals surface area (Å²) in [6.45, 7) is 2.86. The summed E-state index contributed by atoms with van der Waals surface area (Å²) < 4.78 is 14.0. The number of hydrogen-bond acceptors (Lipinski definition) is 4. The van der Waals surface area contributed by atoms with E-state index in [0.29, 0.717) is 34.4 Å². The van der Waals surface area contributed by atoms with Gasteiger partial charge in [-0.2, -0.15) is 0 Å². The summed E-state index contributed by atoms with van der Waals surface area (Å²) in [6.07, 6.45) is 8.41. The number of carbonyl (C=O) groups excluding carboxylic acids is 1. The average Bonchev–Trinajstić information content (AvgIpc) is 2.79. The van der Waals surface area contributed by atoms with Gasteiger partial charge < -0.3 is 4.90 Å². The van der Waals surface area contributed by atoms with Crippen molar-refractivity contribution < 1.29 is 9.18 Å². The molecule has 3 aromatic rings. The Morgan fingerprint density at radius 3 is 2.74 bits per heavy atom. The van der Waals surface area contributed by atoms with E-state index in [9.17, 15) is 9.18 Å². The summed E-state index contributed by atoms with van der Waals surface area (Å²) in [4.78, 5) is 28.4. The molecule has 1 saturated heterocycles. The first kappa shape index (κ1) is 21.4. The molecule has 5 nitrogen and oxygen atoms in total. The highest BCUT2D eigenvalue weighted by molar-refractivity contribution is 6.30. The molecule has 160 valence electrons. The number of aryl methyl sites for hydroxylation is 1. The van der Waals surface area contributed by atoms with Crippen LogP contribution in [0.3, 0.4) is 0 Å². The largest absolute Gasteiger partial charge is 0.335 e. The first-order valence-corrected chi connectivity index (χ1v) is 10.9. The number of halogens is 2. The van der Waals surface area contributed by atoms with Crippen molar-refractivity contribution in [1.29, 1.82) is 0 Å². The highest BCUT2D eigenvalue weighted by Crippen LogP contribution is 2.30. The predicted octanol–water partition coefficient (Wildman–Crippen LogP) is 5.20. The van der Waals surface area contributed by atoms with Crippen LogP contribution in [0.2, 0.25) is 5.02 Å². The van der Waals surface area contributed by atoms with Gasteiger partial charge in [0.15, 0.2) is 5.82 Å². The van der Waals surface area contributed by atoms with E-state index in [1.165, 1.54) is 12.1 Å². The lowest BCUT2D eigenvalue weighted by atomic mass is 9.86. The molecule has 0 saturated carbocycles. The molecule has 4 rings (SSSR count). The molecule has 1 aliphatic rings. The molecule has 2 atom stereocenters. The van der Waals surface area contributed by atoms with Crippen molar-refractivity contribution in [3.05, 3.63) is 77.1 Å². The minimum atomic E-state index is -0.420. The molecule has 7 heteroatoms. The van der Waals surface area contributed by atoms with Crippen LogP contribution in [-0.4, -0.2) is 38.3 Å². The first-order chi connectivity index (χ1) is 15.0. The Labute approximate surface area is 186 Å². The third-order valence-electron chi connectivity index (χ3n) is 5.88. The van der Waals surface area contributed by atoms with Gasteiger partial charge in [-0.05, 0) is 68.0 Å². The average molecular weight is 439 g/mol. The summed E-state index contributed by atoms with van der Waals surface area (Å²) in [7, 11) is 0. The minimum absolute atomic E-state index is 0.0772. The third kappa shape index (κ3) is 4.90. The number of hydrogen-bond donors (Lipinski definition) is 0. The zero-order chi connectivity index (χ0) is 21.8. The molecular weight excluding hydrogens is 415 g/mol. The molecule has 2 aromatic heterocycles. The molecule has 0 aliphatic carbocycles. The van der Waals surface area contributed by atoms with Crippen LogP contribution in [0.1, 0.15) is 42.2 Å². The number of nitrogens with zero attached hydrogens (tertiary/aromatic N) is 4. The van der Waals surface area contributed by atoms with Crippen LogP contribution in [0.25, 0.3) is 11.4 Å². The molecule has 0 N–H and O–H groups in total. The maximum atomic E-state index is 14.0. The SMILES string of the molecule is C[C@@H]1CCCN(C(=O)c2ccc(F)cc2-c2ncccn2)[C@@H]1CCc1ccc(Cl)cn1. The number of carbonyl (C=O) groups is 1. The van der Waals surface area contributed by atoms with E-state index in [4.69, 9.17) is 11.6 Å². The number of likely N-dealkylation sites (tertiary alicyclic amines) is 1. The number of piperidine rings is 1. The van der Waals surface area contributed by atoms with Gasteiger partial charge in [-0.3, -0.25) is 9.78 Å². The van der Waals surface area contributed by atoms with Gasteiger partial charge in [-0.1, -0.05) is 18.5 Å². The van der Waals surface area contributed by atoms with Gasteiger partial charge in [-0.15, -0.1) is 0 Å². The molecule has 1 amide bonds. The maximum absolute atomic E-state index is 14.0. The Hall–Kier alpha value is -2.86. The minimum Gasteiger partial charge on any atom is -0.335 e. The monoisotopic (exact) mass is 438 g/mol. The Morgan fingerprint density at radius 1 is 1.19 bits per heavy atom. The van der Waals surface area contributed by atoms with Crippen molar-refractivity contribution in [3.63, 3.8) is 0 Å². The second-order valence-corrected chi connectivity index (χ2v) is 8.39. The van der Waals surface area contributed by atoms with E-state index in [-0.39, 0.29) is 11.9 Å². The molecule has 1 fully saturated rings. The van der Waals surface area contributed by atoms with E-state index in [2.05, 4.69) is 21.9 Å². The van der Waals surface area contributed by atoms with Gasteiger partial charge in [0.1, 0.15) is 5.82 Å². The Morgan fingerprint density at radius 2 is 2.00 bits per heavy atom. The van der Waals surface area contributed by atoms with Gasteiger partial charge in [0, 0.05) is 42.4 Å². The van der Waals surface area contributed by atoms with E-state index in [1.807, 2.05) is 17.0 Å². The third-order valence-corrected chi connectivity index (χ3v) is 6.10. The number of aromatic nitrogens is 3. The summed E-state index contributed by atoms with van der Waals surface area (Å²) >= 11 is 5.94. The van der Waals surface area contributed by atoms with Crippen molar-refractivity contribution in [2.24, 2.45) is 5.92 Å². The molecule has 0 radical (unpaired) electrons. The molecule has 0 unspecified atom stereocenters. The van der Waals surface area contributed by atoms with Gasteiger partial charge in [0.2, 0.25) is 0 Å². The number of rotatable bonds is 5. The normalized spacial score (nSPS) is 18.7. The zero-order valence-corrected chi connectivity index (χ0v) is 18.1. The quantitative estimate of drug-likeness (QED) is 0.549. The van der Waals surface area contributed by atoms with Gasteiger partial charge >= 0.3 is 0 Å². The first-order valence-electron chi connectivity index (χ1n) is 10.5. The van der Waals surface area contributed by atoms with Crippen LogP contribution in [0, 0.1) is 11.7 Å². The van der Waals surface area contributed by atoms with Crippen LogP contribution in [0.5, 0.6) is 0 Å². The second kappa shape index (κ2) is 9.52. The predicted molar refractivity (Wildman–Crippen MR) is 118 cm³/mol. The lowest BCUT2D eigenvalue weighted by molar-refractivity contribution is 0.0499. The van der Waals surface area contributed by atoms with Gasteiger partial charge in [0.05, 0.1) is 10.6 Å². The molecule has 1 aliphatic heterocycles. The van der Waals surface area contributed by atoms with Crippen LogP contribution in [-0.2, 0) is 6.42 Å². The fourth-order valence-electron chi connectivity index (χ4n) is 4.27. The number of pyridine rings is 1. The number of amides is 1. The highest BCUT2D eigenvalue weighted by Gasteiger charge is 2.33. The van der Waals surface area contributed by atoms with Crippen molar-refractivity contribution in [3.8, 4) is 11.4 Å². The Kier molecular flexibility index (Phi) is 6.56. The second-order valence-electron chi connectivity index (χ2n) is 7.95. The molecule has 3 heterocycles. The van der Waals surface area contributed by atoms with Crippen molar-refractivity contribution in [2.75, 3.05) is 6.54 Å². The van der Waals surface area contributed by atoms with Gasteiger partial charge in [0.25, 0.3) is 5.91 Å². The maximum Gasteiger partial charge on any atom is 0.254 e. The van der Waals surface area contributed by atoms with Crippen molar-refractivity contribution in [1.82, 2.24) is 19.9 Å². The van der Waals surface area contributed by atoms with Crippen molar-refractivity contribution in [2.45, 2.75) is 38.6 Å². The van der Waals surface area contributed by atoms with Crippen molar-refractivity contribution >= 4 is 17.5 Å². The summed E-state index contributed by atoms with van der Waals surface area (Å²) in [5.41, 5.74) is 1.80. The number of benzene rings is 1. The Balaban J connectivity index is 1.61. The van der Waals surface area contributed by atoms with Crippen LogP contribution in [0.4, 0.5) is 4.39 Å². The summed E-state index contributed by atoms with van der Waals surface area (Å²) in [5, 5.41) is 0.610. The smallest absolute Gasteiger partial charge is 0.254 e. The molecule has 0 spiro atoms. The van der Waals surface area contributed by atoms with Crippen LogP contribution < -0.4 is 0 Å². The summed E-state index contributed by atoms with van der Waals surface area (Å²) in [6, 6.07) is 9.72. The topological polar surface area (TPSA) is 59.0 Å². The molecular formula is C24H24ClFN4O. The fraction of sp³-hybridized carbons (Fsp3) is 0.333. The molecule has 0 bridgehead atoms. The van der Waals surface area contributed by atoms with Crippen LogP contribution >= 0.6 is 11.6 Å². The van der Waals surface area contributed by atoms with Gasteiger partial charge in [-0.25, -0.2) is 14.4 Å². The van der Waals surface area contributed by atoms with E-state index < -0.39 is 5.82 Å². The Bertz CT molecular complexity index is 1050. The lowest BCUT2D eigenvalue weighted by Crippen LogP contribution is -2.48. The molecule has 1 aromatic carbocycles. The standard InChI is InChI=1S/C24H24ClFN4O/c1-16-4-2-13-30(22(16)10-8-19-7-5-17(25)15-29-19)24(31)20-9-6-18(26)14-21(20)23-27-11-3-12-28-23/h3,5-7,9,11-12,14-16,22H,2,4,8,10,13H2,1H3/t16-,22-/m1/s1. The zero-order valence-electron chi connectivity index (χ0n) is 17.3. The highest BCUT2D eigenvalue weighted by atomic mass is 35.5. The molecule has 31 heavy (non-hydrogen) atoms. The van der Waals surface area contributed by atoms with E-state index in [1.54, 1.807) is 30.7 Å². The van der Waals surface area contributed by atoms with E-state index >= 15 is 0 Å². The fourth-order valence-corrected chi connectivity index (χ4v) is 4.38. The summed E-state index contributed by atoms with van der Waals surface area (Å²) in [5.74, 6) is 0.179. The van der Waals surface area contributed by atoms with Crippen LogP contribution in [0.15, 0.2) is 55.0 Å². The van der Waals surface area contributed by atoms with E-state index in [0.717, 1.165) is 31.4 Å².